The summed E-state index contributed by atoms with van der Waals surface area (Å²) in [4.78, 5) is 5.05. The molecule has 0 aromatic carbocycles. The number of nitrogens with zero attached hydrogens (tertiary/aromatic N) is 2. The van der Waals surface area contributed by atoms with Gasteiger partial charge in [-0.2, -0.15) is 0 Å². The molecule has 1 atom stereocenters. The Bertz CT molecular complexity index is 158. The second-order valence-corrected chi connectivity index (χ2v) is 4.94. The van der Waals surface area contributed by atoms with Gasteiger partial charge in [-0.05, 0) is 64.6 Å². The van der Waals surface area contributed by atoms with Gasteiger partial charge in [-0.25, -0.2) is 0 Å². The fourth-order valence-electron chi connectivity index (χ4n) is 2.01. The van der Waals surface area contributed by atoms with Gasteiger partial charge in [0, 0.05) is 0 Å². The smallest absolute Gasteiger partial charge is 0.000666 e. The molecular weight excluding hydrogens is 210 g/mol. The number of hydrogen-bond donors (Lipinski definition) is 1. The summed E-state index contributed by atoms with van der Waals surface area (Å²) in [6, 6.07) is 0. The molecule has 0 aliphatic carbocycles. The van der Waals surface area contributed by atoms with Crippen LogP contribution < -0.4 is 5.73 Å². The molecule has 2 N–H and O–H groups in total. The minimum Gasteiger partial charge on any atom is -0.330 e. The molecular formula is C14H33N3. The van der Waals surface area contributed by atoms with E-state index in [1.165, 1.54) is 45.6 Å². The maximum Gasteiger partial charge on any atom is -0.000666 e. The molecule has 0 aliphatic heterocycles. The van der Waals surface area contributed by atoms with Crippen LogP contribution in [0, 0.1) is 5.92 Å². The van der Waals surface area contributed by atoms with Crippen molar-refractivity contribution in [3.63, 3.8) is 0 Å². The van der Waals surface area contributed by atoms with Crippen LogP contribution in [0.4, 0.5) is 0 Å². The highest BCUT2D eigenvalue weighted by atomic mass is 15.1. The van der Waals surface area contributed by atoms with E-state index >= 15 is 0 Å². The standard InChI is InChI=1S/C14H33N3/c1-5-16(6-2)10-8-11-17(7-3)12-9-14(4)13-15/h14H,5-13,15H2,1-4H3. The molecule has 0 aromatic heterocycles. The first-order chi connectivity index (χ1) is 8.17. The number of hydrogen-bond acceptors (Lipinski definition) is 3. The Labute approximate surface area is 108 Å². The highest BCUT2D eigenvalue weighted by molar-refractivity contribution is 4.62. The fourth-order valence-corrected chi connectivity index (χ4v) is 2.01. The van der Waals surface area contributed by atoms with Crippen LogP contribution in [-0.4, -0.2) is 55.6 Å². The zero-order valence-corrected chi connectivity index (χ0v) is 12.4. The molecule has 0 aromatic rings. The Hall–Kier alpha value is -0.120. The lowest BCUT2D eigenvalue weighted by Crippen LogP contribution is -2.31. The lowest BCUT2D eigenvalue weighted by molar-refractivity contribution is 0.234. The van der Waals surface area contributed by atoms with Gasteiger partial charge in [0.1, 0.15) is 0 Å². The molecule has 0 fully saturated rings. The van der Waals surface area contributed by atoms with Crippen LogP contribution in [-0.2, 0) is 0 Å². The Balaban J connectivity index is 3.67. The van der Waals surface area contributed by atoms with E-state index in [4.69, 9.17) is 5.73 Å². The van der Waals surface area contributed by atoms with Gasteiger partial charge in [-0.15, -0.1) is 0 Å². The van der Waals surface area contributed by atoms with Crippen LogP contribution in [0.2, 0.25) is 0 Å². The summed E-state index contributed by atoms with van der Waals surface area (Å²) in [5.41, 5.74) is 5.65. The van der Waals surface area contributed by atoms with Gasteiger partial charge in [0.15, 0.2) is 0 Å². The van der Waals surface area contributed by atoms with Crippen LogP contribution in [0.5, 0.6) is 0 Å². The summed E-state index contributed by atoms with van der Waals surface area (Å²) >= 11 is 0. The van der Waals surface area contributed by atoms with E-state index in [2.05, 4.69) is 37.5 Å². The molecule has 0 rings (SSSR count). The van der Waals surface area contributed by atoms with Gasteiger partial charge in [-0.1, -0.05) is 27.7 Å². The second kappa shape index (κ2) is 11.0. The average Bonchev–Trinajstić information content (AvgIpc) is 2.37. The van der Waals surface area contributed by atoms with E-state index in [0.29, 0.717) is 5.92 Å². The summed E-state index contributed by atoms with van der Waals surface area (Å²) in [6.07, 6.45) is 2.52. The average molecular weight is 243 g/mol. The van der Waals surface area contributed by atoms with E-state index in [1.807, 2.05) is 0 Å². The van der Waals surface area contributed by atoms with Crippen molar-refractivity contribution in [1.29, 1.82) is 0 Å². The van der Waals surface area contributed by atoms with Crippen molar-refractivity contribution < 1.29 is 0 Å². The molecule has 0 spiro atoms. The SMILES string of the molecule is CCN(CC)CCCN(CC)CCC(C)CN. The topological polar surface area (TPSA) is 32.5 Å². The monoisotopic (exact) mass is 243 g/mol. The maximum absolute atomic E-state index is 5.65. The van der Waals surface area contributed by atoms with Crippen molar-refractivity contribution in [3.05, 3.63) is 0 Å². The summed E-state index contributed by atoms with van der Waals surface area (Å²) in [6.45, 7) is 17.0. The molecule has 104 valence electrons. The largest absolute Gasteiger partial charge is 0.330 e. The second-order valence-electron chi connectivity index (χ2n) is 4.94. The molecule has 0 saturated heterocycles. The first-order valence-corrected chi connectivity index (χ1v) is 7.32. The third-order valence-electron chi connectivity index (χ3n) is 3.63. The highest BCUT2D eigenvalue weighted by Crippen LogP contribution is 2.03. The van der Waals surface area contributed by atoms with Crippen molar-refractivity contribution in [2.45, 2.75) is 40.5 Å². The van der Waals surface area contributed by atoms with Crippen molar-refractivity contribution in [2.75, 3.05) is 45.8 Å². The molecule has 3 nitrogen and oxygen atoms in total. The zero-order chi connectivity index (χ0) is 13.1. The first-order valence-electron chi connectivity index (χ1n) is 7.32. The molecule has 3 heteroatoms. The molecule has 0 amide bonds. The van der Waals surface area contributed by atoms with E-state index in [-0.39, 0.29) is 0 Å². The Morgan fingerprint density at radius 2 is 1.41 bits per heavy atom. The lowest BCUT2D eigenvalue weighted by atomic mass is 10.1. The van der Waals surface area contributed by atoms with Gasteiger partial charge in [-0.3, -0.25) is 0 Å². The highest BCUT2D eigenvalue weighted by Gasteiger charge is 2.06. The third kappa shape index (κ3) is 8.58. The number of nitrogens with two attached hydrogens (primary N) is 1. The molecule has 0 radical (unpaired) electrons. The number of rotatable bonds is 11. The quantitative estimate of drug-likeness (QED) is 0.603. The maximum atomic E-state index is 5.65. The van der Waals surface area contributed by atoms with Crippen molar-refractivity contribution in [3.8, 4) is 0 Å². The lowest BCUT2D eigenvalue weighted by Gasteiger charge is -2.24. The molecule has 1 unspecified atom stereocenters. The Morgan fingerprint density at radius 3 is 1.88 bits per heavy atom. The Morgan fingerprint density at radius 1 is 0.882 bits per heavy atom. The fraction of sp³-hybridized carbons (Fsp3) is 1.00. The first kappa shape index (κ1) is 16.9. The zero-order valence-electron chi connectivity index (χ0n) is 12.4. The van der Waals surface area contributed by atoms with Gasteiger partial charge in [0.25, 0.3) is 0 Å². The van der Waals surface area contributed by atoms with Gasteiger partial charge < -0.3 is 15.5 Å². The predicted molar refractivity (Wildman–Crippen MR) is 77.4 cm³/mol. The van der Waals surface area contributed by atoms with Gasteiger partial charge in [0.2, 0.25) is 0 Å². The summed E-state index contributed by atoms with van der Waals surface area (Å²) < 4.78 is 0. The molecule has 0 saturated carbocycles. The molecule has 0 heterocycles. The predicted octanol–water partition coefficient (Wildman–Crippen LogP) is 2.03. The molecule has 0 aliphatic rings. The van der Waals surface area contributed by atoms with Crippen molar-refractivity contribution in [1.82, 2.24) is 9.80 Å². The summed E-state index contributed by atoms with van der Waals surface area (Å²) in [5.74, 6) is 0.659. The van der Waals surface area contributed by atoms with Crippen molar-refractivity contribution >= 4 is 0 Å². The van der Waals surface area contributed by atoms with Gasteiger partial charge in [0.05, 0.1) is 0 Å². The summed E-state index contributed by atoms with van der Waals surface area (Å²) in [7, 11) is 0. The summed E-state index contributed by atoms with van der Waals surface area (Å²) in [5, 5.41) is 0. The molecule has 17 heavy (non-hydrogen) atoms. The van der Waals surface area contributed by atoms with E-state index in [0.717, 1.165) is 13.1 Å². The minimum absolute atomic E-state index is 0.659. The van der Waals surface area contributed by atoms with E-state index in [1.54, 1.807) is 0 Å². The van der Waals surface area contributed by atoms with Crippen molar-refractivity contribution in [2.24, 2.45) is 11.7 Å². The Kier molecular flexibility index (Phi) is 10.9. The molecule has 0 bridgehead atoms. The van der Waals surface area contributed by atoms with Gasteiger partial charge >= 0.3 is 0 Å². The van der Waals surface area contributed by atoms with E-state index in [9.17, 15) is 0 Å². The normalized spacial score (nSPS) is 13.6. The minimum atomic E-state index is 0.659. The van der Waals surface area contributed by atoms with Crippen LogP contribution in [0.25, 0.3) is 0 Å². The van der Waals surface area contributed by atoms with Crippen LogP contribution in [0.1, 0.15) is 40.5 Å². The van der Waals surface area contributed by atoms with Crippen LogP contribution >= 0.6 is 0 Å². The van der Waals surface area contributed by atoms with Crippen LogP contribution in [0.15, 0.2) is 0 Å². The third-order valence-corrected chi connectivity index (χ3v) is 3.63. The van der Waals surface area contributed by atoms with Crippen LogP contribution in [0.3, 0.4) is 0 Å². The van der Waals surface area contributed by atoms with E-state index < -0.39 is 0 Å².